The van der Waals surface area contributed by atoms with Gasteiger partial charge in [-0.25, -0.2) is 13.2 Å². The van der Waals surface area contributed by atoms with Crippen molar-refractivity contribution in [3.63, 3.8) is 0 Å². The first-order chi connectivity index (χ1) is 17.7. The van der Waals surface area contributed by atoms with Crippen molar-refractivity contribution in [3.05, 3.63) is 64.9 Å². The van der Waals surface area contributed by atoms with Gasteiger partial charge in [-0.1, -0.05) is 31.5 Å². The second kappa shape index (κ2) is 10.3. The molecule has 2 N–H and O–H groups in total. The third-order valence-corrected chi connectivity index (χ3v) is 7.74. The lowest BCUT2D eigenvalue weighted by atomic mass is 9.86. The molecule has 3 heterocycles. The number of halogens is 3. The monoisotopic (exact) mass is 515 g/mol. The van der Waals surface area contributed by atoms with Crippen molar-refractivity contribution in [3.8, 4) is 5.75 Å². The largest absolute Gasteiger partial charge is 0.492 e. The second-order valence-electron chi connectivity index (χ2n) is 11.1. The number of aromatic amines is 1. The molecule has 0 bridgehead atoms. The van der Waals surface area contributed by atoms with Gasteiger partial charge in [0.15, 0.2) is 0 Å². The summed E-state index contributed by atoms with van der Waals surface area (Å²) >= 11 is 0. The molecule has 8 heteroatoms. The van der Waals surface area contributed by atoms with Gasteiger partial charge >= 0.3 is 0 Å². The fourth-order valence-electron chi connectivity index (χ4n) is 5.85. The molecule has 2 aliphatic rings. The maximum Gasteiger partial charge on any atom is 0.135 e. The number of para-hydroxylation sites is 1. The number of aliphatic hydroxyl groups is 1. The molecule has 0 unspecified atom stereocenters. The maximum absolute atomic E-state index is 15.7. The van der Waals surface area contributed by atoms with Crippen molar-refractivity contribution >= 4 is 10.9 Å². The number of hydrogen-bond acceptors (Lipinski definition) is 4. The van der Waals surface area contributed by atoms with Crippen LogP contribution in [0.15, 0.2) is 36.4 Å². The van der Waals surface area contributed by atoms with E-state index in [0.717, 1.165) is 41.9 Å². The molecule has 0 radical (unpaired) electrons. The molecule has 5 rings (SSSR count). The van der Waals surface area contributed by atoms with Gasteiger partial charge in [0.1, 0.15) is 29.7 Å². The minimum atomic E-state index is -1.64. The number of nitrogens with zero attached hydrogens (tertiary/aromatic N) is 2. The van der Waals surface area contributed by atoms with Crippen molar-refractivity contribution in [2.45, 2.75) is 51.4 Å². The third kappa shape index (κ3) is 5.24. The fraction of sp³-hybridized carbons (Fsp3) is 0.517. The number of benzene rings is 2. The standard InChI is InChI=1S/C29H36F3N3O2/c1-4-18-14-34(15-18)9-10-37-20-12-23(30)26(24(31)13-20)28-27-22(21-7-5-6-8-25(21)33-27)11-19(16-36)35(28)17-29(2,3)32/h5-8,12-13,18-19,28,33,36H,4,9-11,14-17H2,1-3H3/t19-,28+/m1/s1. The molecular weight excluding hydrogens is 479 g/mol. The number of H-pyrrole nitrogens is 1. The molecule has 2 aromatic carbocycles. The van der Waals surface area contributed by atoms with Crippen LogP contribution in [-0.2, 0) is 6.42 Å². The van der Waals surface area contributed by atoms with E-state index in [-0.39, 0.29) is 24.5 Å². The Morgan fingerprint density at radius 3 is 2.49 bits per heavy atom. The van der Waals surface area contributed by atoms with E-state index < -0.39 is 29.4 Å². The van der Waals surface area contributed by atoms with E-state index in [9.17, 15) is 9.50 Å². The molecule has 0 saturated carbocycles. The molecule has 2 atom stereocenters. The third-order valence-electron chi connectivity index (χ3n) is 7.74. The minimum Gasteiger partial charge on any atom is -0.492 e. The van der Waals surface area contributed by atoms with Crippen LogP contribution in [0.25, 0.3) is 10.9 Å². The van der Waals surface area contributed by atoms with E-state index in [1.807, 2.05) is 24.3 Å². The predicted molar refractivity (Wildman–Crippen MR) is 139 cm³/mol. The molecule has 0 amide bonds. The molecule has 1 saturated heterocycles. The van der Waals surface area contributed by atoms with Crippen molar-refractivity contribution in [1.82, 2.24) is 14.8 Å². The Bertz CT molecular complexity index is 1230. The van der Waals surface area contributed by atoms with E-state index in [1.165, 1.54) is 26.0 Å². The van der Waals surface area contributed by atoms with Crippen LogP contribution in [0, 0.1) is 17.6 Å². The van der Waals surface area contributed by atoms with Gasteiger partial charge in [0.2, 0.25) is 0 Å². The van der Waals surface area contributed by atoms with Crippen LogP contribution >= 0.6 is 0 Å². The Kier molecular flexibility index (Phi) is 7.27. The van der Waals surface area contributed by atoms with Crippen LogP contribution in [-0.4, -0.2) is 71.0 Å². The van der Waals surface area contributed by atoms with E-state index in [4.69, 9.17) is 4.74 Å². The molecule has 37 heavy (non-hydrogen) atoms. The van der Waals surface area contributed by atoms with E-state index >= 15 is 8.78 Å². The Hall–Kier alpha value is -2.55. The fourth-order valence-corrected chi connectivity index (χ4v) is 5.85. The van der Waals surface area contributed by atoms with Crippen LogP contribution in [0.4, 0.5) is 13.2 Å². The highest BCUT2D eigenvalue weighted by Gasteiger charge is 2.42. The molecule has 0 aliphatic carbocycles. The first-order valence-corrected chi connectivity index (χ1v) is 13.2. The van der Waals surface area contributed by atoms with Gasteiger partial charge in [-0.2, -0.15) is 0 Å². The molecule has 1 fully saturated rings. The minimum absolute atomic E-state index is 0.0938. The number of fused-ring (bicyclic) bond motifs is 3. The summed E-state index contributed by atoms with van der Waals surface area (Å²) in [5.41, 5.74) is 0.555. The lowest BCUT2D eigenvalue weighted by molar-refractivity contribution is 0.0326. The van der Waals surface area contributed by atoms with Crippen LogP contribution in [0.2, 0.25) is 0 Å². The maximum atomic E-state index is 15.7. The normalized spacial score (nSPS) is 21.3. The summed E-state index contributed by atoms with van der Waals surface area (Å²) in [4.78, 5) is 7.30. The summed E-state index contributed by atoms with van der Waals surface area (Å²) in [5, 5.41) is 11.2. The summed E-state index contributed by atoms with van der Waals surface area (Å²) in [7, 11) is 0. The zero-order chi connectivity index (χ0) is 26.3. The van der Waals surface area contributed by atoms with Gasteiger partial charge < -0.3 is 14.8 Å². The average Bonchev–Trinajstić information content (AvgIpc) is 3.18. The van der Waals surface area contributed by atoms with Gasteiger partial charge in [0, 0.05) is 66.5 Å². The summed E-state index contributed by atoms with van der Waals surface area (Å²) in [6.45, 7) is 7.81. The SMILES string of the molecule is CCC1CN(CCOc2cc(F)c([C@H]3c4[nH]c5ccccc5c4C[C@H](CO)N3CC(C)(C)F)c(F)c2)C1. The number of aliphatic hydroxyl groups excluding tert-OH is 1. The van der Waals surface area contributed by atoms with Crippen LogP contribution < -0.4 is 4.74 Å². The molecular formula is C29H36F3N3O2. The molecule has 2 aliphatic heterocycles. The van der Waals surface area contributed by atoms with Gasteiger partial charge in [-0.05, 0) is 37.8 Å². The number of ether oxygens (including phenoxy) is 1. The van der Waals surface area contributed by atoms with Crippen molar-refractivity contribution in [1.29, 1.82) is 0 Å². The highest BCUT2D eigenvalue weighted by molar-refractivity contribution is 5.85. The lowest BCUT2D eigenvalue weighted by Crippen LogP contribution is -2.51. The van der Waals surface area contributed by atoms with E-state index in [2.05, 4.69) is 16.8 Å². The van der Waals surface area contributed by atoms with Gasteiger partial charge in [-0.3, -0.25) is 9.80 Å². The Balaban J connectivity index is 1.49. The van der Waals surface area contributed by atoms with Crippen LogP contribution in [0.1, 0.15) is 50.1 Å². The van der Waals surface area contributed by atoms with Crippen LogP contribution in [0.5, 0.6) is 5.75 Å². The topological polar surface area (TPSA) is 51.7 Å². The zero-order valence-corrected chi connectivity index (χ0v) is 21.7. The van der Waals surface area contributed by atoms with Crippen molar-refractivity contribution < 1.29 is 23.0 Å². The molecule has 200 valence electrons. The van der Waals surface area contributed by atoms with Gasteiger partial charge in [-0.15, -0.1) is 0 Å². The van der Waals surface area contributed by atoms with Crippen molar-refractivity contribution in [2.24, 2.45) is 5.92 Å². The number of nitrogens with one attached hydrogen (secondary N) is 1. The summed E-state index contributed by atoms with van der Waals surface area (Å²) in [6.07, 6.45) is 1.60. The molecule has 5 nitrogen and oxygen atoms in total. The number of aromatic nitrogens is 1. The van der Waals surface area contributed by atoms with Crippen LogP contribution in [0.3, 0.4) is 0 Å². The Morgan fingerprint density at radius 1 is 1.14 bits per heavy atom. The van der Waals surface area contributed by atoms with Gasteiger partial charge in [0.05, 0.1) is 12.6 Å². The molecule has 0 spiro atoms. The Morgan fingerprint density at radius 2 is 1.84 bits per heavy atom. The quantitative estimate of drug-likeness (QED) is 0.410. The second-order valence-corrected chi connectivity index (χ2v) is 11.1. The lowest BCUT2D eigenvalue weighted by Gasteiger charge is -2.43. The van der Waals surface area contributed by atoms with E-state index in [0.29, 0.717) is 25.3 Å². The van der Waals surface area contributed by atoms with Crippen molar-refractivity contribution in [2.75, 3.05) is 39.4 Å². The highest BCUT2D eigenvalue weighted by Crippen LogP contribution is 2.43. The smallest absolute Gasteiger partial charge is 0.135 e. The molecule has 1 aromatic heterocycles. The first kappa shape index (κ1) is 26.1. The number of hydrogen-bond donors (Lipinski definition) is 2. The highest BCUT2D eigenvalue weighted by atomic mass is 19.1. The summed E-state index contributed by atoms with van der Waals surface area (Å²) in [6, 6.07) is 8.67. The van der Waals surface area contributed by atoms with Gasteiger partial charge in [0.25, 0.3) is 0 Å². The predicted octanol–water partition coefficient (Wildman–Crippen LogP) is 5.22. The number of rotatable bonds is 9. The number of alkyl halides is 1. The summed E-state index contributed by atoms with van der Waals surface area (Å²) < 4.78 is 52.1. The Labute approximate surface area is 216 Å². The zero-order valence-electron chi connectivity index (χ0n) is 21.7. The average molecular weight is 516 g/mol. The first-order valence-electron chi connectivity index (χ1n) is 13.2. The molecule has 3 aromatic rings. The summed E-state index contributed by atoms with van der Waals surface area (Å²) in [5.74, 6) is -0.644. The van der Waals surface area contributed by atoms with E-state index in [1.54, 1.807) is 4.90 Å². The number of likely N-dealkylation sites (tertiary alicyclic amines) is 1.